The van der Waals surface area contributed by atoms with E-state index in [0.717, 1.165) is 25.7 Å². The number of aromatic nitrogens is 1. The number of thiazole rings is 1. The van der Waals surface area contributed by atoms with Crippen LogP contribution in [0, 0.1) is 11.8 Å². The third kappa shape index (κ3) is 5.94. The Labute approximate surface area is 142 Å². The second-order valence-corrected chi connectivity index (χ2v) is 7.19. The Bertz CT molecular complexity index is 500. The zero-order valence-corrected chi connectivity index (χ0v) is 14.9. The summed E-state index contributed by atoms with van der Waals surface area (Å²) >= 11 is 1.39. The Kier molecular flexibility index (Phi) is 7.02. The van der Waals surface area contributed by atoms with Crippen molar-refractivity contribution in [1.82, 2.24) is 9.88 Å². The molecule has 0 saturated heterocycles. The van der Waals surface area contributed by atoms with Gasteiger partial charge in [-0.3, -0.25) is 9.59 Å². The highest BCUT2D eigenvalue weighted by molar-refractivity contribution is 7.13. The maximum Gasteiger partial charge on any atom is 0.245 e. The molecule has 23 heavy (non-hydrogen) atoms. The molecule has 2 rings (SSSR count). The largest absolute Gasteiger partial charge is 0.333 e. The number of amides is 2. The molecule has 1 aromatic heterocycles. The Hall–Kier alpha value is -1.43. The molecule has 1 aromatic rings. The zero-order chi connectivity index (χ0) is 16.7. The molecule has 128 valence electrons. The predicted molar refractivity (Wildman–Crippen MR) is 93.4 cm³/mol. The fourth-order valence-corrected chi connectivity index (χ4v) is 3.22. The highest BCUT2D eigenvalue weighted by atomic mass is 32.1. The second-order valence-electron chi connectivity index (χ2n) is 6.29. The van der Waals surface area contributed by atoms with Gasteiger partial charge >= 0.3 is 0 Å². The first-order chi connectivity index (χ1) is 11.1. The van der Waals surface area contributed by atoms with Gasteiger partial charge in [-0.05, 0) is 31.6 Å². The third-order valence-corrected chi connectivity index (χ3v) is 4.94. The van der Waals surface area contributed by atoms with Crippen molar-refractivity contribution < 1.29 is 9.59 Å². The molecule has 6 heteroatoms. The number of carbonyl (C=O) groups is 2. The Morgan fingerprint density at radius 2 is 2.22 bits per heavy atom. The average Bonchev–Trinajstić information content (AvgIpc) is 3.21. The summed E-state index contributed by atoms with van der Waals surface area (Å²) in [6.45, 7) is 5.05. The first kappa shape index (κ1) is 17.9. The normalized spacial score (nSPS) is 15.2. The maximum absolute atomic E-state index is 12.8. The van der Waals surface area contributed by atoms with Crippen molar-refractivity contribution in [2.24, 2.45) is 11.8 Å². The number of unbranched alkanes of at least 4 members (excludes halogenated alkanes) is 1. The van der Waals surface area contributed by atoms with Crippen LogP contribution in [0.1, 0.15) is 52.4 Å². The summed E-state index contributed by atoms with van der Waals surface area (Å²) < 4.78 is 0. The molecule has 1 saturated carbocycles. The molecule has 1 heterocycles. The van der Waals surface area contributed by atoms with Gasteiger partial charge in [-0.1, -0.05) is 26.7 Å². The number of anilines is 1. The van der Waals surface area contributed by atoms with Gasteiger partial charge in [0.15, 0.2) is 5.13 Å². The fraction of sp³-hybridized carbons (Fsp3) is 0.706. The highest BCUT2D eigenvalue weighted by Gasteiger charge is 2.30. The van der Waals surface area contributed by atoms with Crippen molar-refractivity contribution in [3.8, 4) is 0 Å². The van der Waals surface area contributed by atoms with E-state index >= 15 is 0 Å². The molecule has 2 amide bonds. The summed E-state index contributed by atoms with van der Waals surface area (Å²) in [5.74, 6) is 0.609. The zero-order valence-electron chi connectivity index (χ0n) is 14.1. The minimum Gasteiger partial charge on any atom is -0.333 e. The average molecular weight is 337 g/mol. The van der Waals surface area contributed by atoms with Gasteiger partial charge < -0.3 is 10.2 Å². The van der Waals surface area contributed by atoms with Crippen LogP contribution >= 0.6 is 11.3 Å². The van der Waals surface area contributed by atoms with Crippen LogP contribution in [0.15, 0.2) is 11.6 Å². The number of hydrogen-bond acceptors (Lipinski definition) is 4. The van der Waals surface area contributed by atoms with Gasteiger partial charge in [0.05, 0.1) is 6.54 Å². The van der Waals surface area contributed by atoms with Crippen LogP contribution in [0.4, 0.5) is 5.13 Å². The lowest BCUT2D eigenvalue weighted by Gasteiger charge is -2.26. The van der Waals surface area contributed by atoms with Gasteiger partial charge in [0, 0.05) is 24.0 Å². The highest BCUT2D eigenvalue weighted by Crippen LogP contribution is 2.30. The van der Waals surface area contributed by atoms with Gasteiger partial charge in [-0.15, -0.1) is 11.3 Å². The van der Waals surface area contributed by atoms with Crippen LogP contribution in [0.5, 0.6) is 0 Å². The lowest BCUT2D eigenvalue weighted by molar-refractivity contribution is -0.139. The van der Waals surface area contributed by atoms with Crippen LogP contribution in [0.2, 0.25) is 0 Å². The Balaban J connectivity index is 1.94. The SMILES string of the molecule is CCCCC(CC)C(=O)N(CC(=O)Nc1nccs1)CC1CC1. The molecule has 0 aliphatic heterocycles. The van der Waals surface area contributed by atoms with E-state index in [1.807, 2.05) is 5.38 Å². The van der Waals surface area contributed by atoms with E-state index in [1.165, 1.54) is 24.2 Å². The van der Waals surface area contributed by atoms with Crippen LogP contribution in [-0.2, 0) is 9.59 Å². The molecule has 1 atom stereocenters. The number of rotatable bonds is 10. The first-order valence-electron chi connectivity index (χ1n) is 8.62. The molecule has 1 N–H and O–H groups in total. The smallest absolute Gasteiger partial charge is 0.245 e. The van der Waals surface area contributed by atoms with E-state index in [1.54, 1.807) is 11.1 Å². The Morgan fingerprint density at radius 1 is 1.43 bits per heavy atom. The van der Waals surface area contributed by atoms with Crippen molar-refractivity contribution in [3.05, 3.63) is 11.6 Å². The fourth-order valence-electron chi connectivity index (χ4n) is 2.67. The molecule has 0 aromatic carbocycles. The van der Waals surface area contributed by atoms with Crippen LogP contribution in [0.25, 0.3) is 0 Å². The molecule has 0 radical (unpaired) electrons. The minimum absolute atomic E-state index is 0.0429. The summed E-state index contributed by atoms with van der Waals surface area (Å²) in [7, 11) is 0. The number of nitrogens with one attached hydrogen (secondary N) is 1. The van der Waals surface area contributed by atoms with E-state index < -0.39 is 0 Å². The third-order valence-electron chi connectivity index (χ3n) is 4.25. The van der Waals surface area contributed by atoms with Crippen molar-refractivity contribution in [3.63, 3.8) is 0 Å². The van der Waals surface area contributed by atoms with Crippen molar-refractivity contribution in [2.45, 2.75) is 52.4 Å². The van der Waals surface area contributed by atoms with Gasteiger partial charge in [-0.2, -0.15) is 0 Å². The number of carbonyl (C=O) groups excluding carboxylic acids is 2. The van der Waals surface area contributed by atoms with Crippen LogP contribution < -0.4 is 5.32 Å². The molecular weight excluding hydrogens is 310 g/mol. The van der Waals surface area contributed by atoms with Crippen molar-refractivity contribution in [2.75, 3.05) is 18.4 Å². The van der Waals surface area contributed by atoms with Crippen molar-refractivity contribution >= 4 is 28.3 Å². The van der Waals surface area contributed by atoms with Gasteiger partial charge in [-0.25, -0.2) is 4.98 Å². The topological polar surface area (TPSA) is 62.3 Å². The van der Waals surface area contributed by atoms with Crippen LogP contribution in [-0.4, -0.2) is 34.8 Å². The van der Waals surface area contributed by atoms with E-state index in [0.29, 0.717) is 17.6 Å². The summed E-state index contributed by atoms with van der Waals surface area (Å²) in [6.07, 6.45) is 7.91. The van der Waals surface area contributed by atoms with Crippen LogP contribution in [0.3, 0.4) is 0 Å². The van der Waals surface area contributed by atoms with Gasteiger partial charge in [0.1, 0.15) is 0 Å². The molecule has 1 unspecified atom stereocenters. The standard InChI is InChI=1S/C17H27N3O2S/c1-3-5-6-14(4-2)16(22)20(11-13-7-8-13)12-15(21)19-17-18-9-10-23-17/h9-10,13-14H,3-8,11-12H2,1-2H3,(H,18,19,21). The summed E-state index contributed by atoms with van der Waals surface area (Å²) in [5.41, 5.74) is 0. The lowest BCUT2D eigenvalue weighted by Crippen LogP contribution is -2.42. The predicted octanol–water partition coefficient (Wildman–Crippen LogP) is 3.54. The van der Waals surface area contributed by atoms with Crippen molar-refractivity contribution in [1.29, 1.82) is 0 Å². The van der Waals surface area contributed by atoms with E-state index in [-0.39, 0.29) is 24.3 Å². The molecule has 1 aliphatic rings. The summed E-state index contributed by atoms with van der Waals surface area (Å²) in [4.78, 5) is 30.9. The molecule has 0 spiro atoms. The van der Waals surface area contributed by atoms with E-state index in [9.17, 15) is 9.59 Å². The minimum atomic E-state index is -0.153. The van der Waals surface area contributed by atoms with E-state index in [2.05, 4.69) is 24.1 Å². The molecule has 1 fully saturated rings. The Morgan fingerprint density at radius 3 is 2.78 bits per heavy atom. The van der Waals surface area contributed by atoms with Gasteiger partial charge in [0.2, 0.25) is 11.8 Å². The molecule has 0 bridgehead atoms. The molecule has 5 nitrogen and oxygen atoms in total. The van der Waals surface area contributed by atoms with Gasteiger partial charge in [0.25, 0.3) is 0 Å². The molecule has 1 aliphatic carbocycles. The summed E-state index contributed by atoms with van der Waals surface area (Å²) in [6, 6.07) is 0. The number of hydrogen-bond donors (Lipinski definition) is 1. The quantitative estimate of drug-likeness (QED) is 0.710. The lowest BCUT2D eigenvalue weighted by atomic mass is 9.97. The van der Waals surface area contributed by atoms with E-state index in [4.69, 9.17) is 0 Å². The monoisotopic (exact) mass is 337 g/mol. The molecular formula is C17H27N3O2S. The summed E-state index contributed by atoms with van der Waals surface area (Å²) in [5, 5.41) is 5.19. The number of nitrogens with zero attached hydrogens (tertiary/aromatic N) is 2. The second kappa shape index (κ2) is 9.01. The maximum atomic E-state index is 12.8. The first-order valence-corrected chi connectivity index (χ1v) is 9.50.